The average molecular weight is 606 g/mol. The summed E-state index contributed by atoms with van der Waals surface area (Å²) in [6.45, 7) is 10.3. The smallest absolute Gasteiger partial charge is 0.282 e. The van der Waals surface area contributed by atoms with Crippen LogP contribution in [0.3, 0.4) is 0 Å². The minimum Gasteiger partial charge on any atom is -0.496 e. The highest BCUT2D eigenvalue weighted by Crippen LogP contribution is 2.35. The number of halogens is 1. The molecule has 0 spiro atoms. The van der Waals surface area contributed by atoms with Crippen molar-refractivity contribution in [2.45, 2.75) is 39.7 Å². The van der Waals surface area contributed by atoms with E-state index in [2.05, 4.69) is 20.4 Å². The third-order valence-electron chi connectivity index (χ3n) is 7.55. The van der Waals surface area contributed by atoms with E-state index >= 15 is 0 Å². The number of ether oxygens (including phenoxy) is 3. The molecule has 0 aliphatic rings. The fourth-order valence-corrected chi connectivity index (χ4v) is 5.21. The lowest BCUT2D eigenvalue weighted by atomic mass is 9.96. The van der Waals surface area contributed by atoms with E-state index in [9.17, 15) is 9.18 Å². The van der Waals surface area contributed by atoms with Crippen molar-refractivity contribution in [3.05, 3.63) is 129 Å². The van der Waals surface area contributed by atoms with Crippen LogP contribution in [0.15, 0.2) is 95.3 Å². The Hall–Kier alpha value is -5.24. The second-order valence-electron chi connectivity index (χ2n) is 11.0. The van der Waals surface area contributed by atoms with Gasteiger partial charge in [-0.15, -0.1) is 6.58 Å². The van der Waals surface area contributed by atoms with Crippen molar-refractivity contribution in [1.29, 1.82) is 0 Å². The summed E-state index contributed by atoms with van der Waals surface area (Å²) in [7, 11) is 3.22. The molecule has 0 aliphatic heterocycles. The van der Waals surface area contributed by atoms with Gasteiger partial charge in [-0.05, 0) is 90.0 Å². The van der Waals surface area contributed by atoms with Gasteiger partial charge in [-0.3, -0.25) is 4.79 Å². The number of aromatic nitrogens is 2. The van der Waals surface area contributed by atoms with Gasteiger partial charge in [-0.1, -0.05) is 44.2 Å². The van der Waals surface area contributed by atoms with Gasteiger partial charge < -0.3 is 14.2 Å². The largest absolute Gasteiger partial charge is 0.496 e. The average Bonchev–Trinajstić information content (AvgIpc) is 3.04. The third-order valence-corrected chi connectivity index (χ3v) is 7.55. The molecule has 5 rings (SSSR count). The molecule has 0 amide bonds. The number of fused-ring (bicyclic) bond motifs is 1. The number of hydrogen-bond donors (Lipinski definition) is 0. The molecule has 8 heteroatoms. The minimum absolute atomic E-state index is 0.183. The van der Waals surface area contributed by atoms with E-state index in [0.717, 1.165) is 33.6 Å². The Balaban J connectivity index is 1.62. The van der Waals surface area contributed by atoms with Gasteiger partial charge in [0.25, 0.3) is 5.56 Å². The highest BCUT2D eigenvalue weighted by molar-refractivity contribution is 5.83. The van der Waals surface area contributed by atoms with Gasteiger partial charge in [0.05, 0.1) is 31.3 Å². The SMILES string of the molecule is C=CCc1cc(C=Nn2c(-c3cc(C(C)C)c(OC)cc3C)nc3ccccc3c2=O)cc(OC)c1OCc1ccc(F)cc1. The zero-order chi connectivity index (χ0) is 32.1. The monoisotopic (exact) mass is 605 g/mol. The Morgan fingerprint density at radius 3 is 2.42 bits per heavy atom. The molecule has 0 saturated heterocycles. The number of rotatable bonds is 11. The van der Waals surface area contributed by atoms with Crippen LogP contribution >= 0.6 is 0 Å². The van der Waals surface area contributed by atoms with Gasteiger partial charge in [0.2, 0.25) is 0 Å². The van der Waals surface area contributed by atoms with Gasteiger partial charge in [0.1, 0.15) is 18.2 Å². The van der Waals surface area contributed by atoms with Crippen molar-refractivity contribution in [1.82, 2.24) is 9.66 Å². The maximum Gasteiger partial charge on any atom is 0.282 e. The van der Waals surface area contributed by atoms with Gasteiger partial charge >= 0.3 is 0 Å². The van der Waals surface area contributed by atoms with Crippen molar-refractivity contribution in [2.75, 3.05) is 14.2 Å². The van der Waals surface area contributed by atoms with E-state index in [4.69, 9.17) is 24.3 Å². The van der Waals surface area contributed by atoms with Crippen molar-refractivity contribution in [2.24, 2.45) is 5.10 Å². The van der Waals surface area contributed by atoms with Crippen molar-refractivity contribution in [3.63, 3.8) is 0 Å². The Kier molecular flexibility index (Phi) is 9.42. The lowest BCUT2D eigenvalue weighted by molar-refractivity contribution is 0.282. The molecule has 45 heavy (non-hydrogen) atoms. The maximum absolute atomic E-state index is 13.9. The van der Waals surface area contributed by atoms with Crippen LogP contribution in [0, 0.1) is 12.7 Å². The van der Waals surface area contributed by atoms with Crippen molar-refractivity contribution >= 4 is 17.1 Å². The van der Waals surface area contributed by atoms with E-state index in [-0.39, 0.29) is 23.9 Å². The molecule has 1 aromatic heterocycles. The number of methoxy groups -OCH3 is 2. The first-order chi connectivity index (χ1) is 21.7. The molecule has 0 fully saturated rings. The lowest BCUT2D eigenvalue weighted by Gasteiger charge is -2.17. The molecule has 0 saturated carbocycles. The first-order valence-electron chi connectivity index (χ1n) is 14.7. The summed E-state index contributed by atoms with van der Waals surface area (Å²) in [4.78, 5) is 18.8. The van der Waals surface area contributed by atoms with Crippen LogP contribution < -0.4 is 19.8 Å². The molecule has 0 bridgehead atoms. The highest BCUT2D eigenvalue weighted by Gasteiger charge is 2.19. The molecule has 0 unspecified atom stereocenters. The first-order valence-corrected chi connectivity index (χ1v) is 14.7. The molecule has 1 heterocycles. The van der Waals surface area contributed by atoms with Crippen LogP contribution in [0.1, 0.15) is 47.6 Å². The molecule has 0 aliphatic carbocycles. The van der Waals surface area contributed by atoms with Crippen molar-refractivity contribution < 1.29 is 18.6 Å². The number of aryl methyl sites for hydroxylation is 1. The molecule has 7 nitrogen and oxygen atoms in total. The molecule has 4 aromatic carbocycles. The number of para-hydroxylation sites is 1. The molecule has 5 aromatic rings. The van der Waals surface area contributed by atoms with Crippen LogP contribution in [-0.4, -0.2) is 30.1 Å². The van der Waals surface area contributed by atoms with Gasteiger partial charge in [0.15, 0.2) is 17.3 Å². The predicted octanol–water partition coefficient (Wildman–Crippen LogP) is 7.84. The predicted molar refractivity (Wildman–Crippen MR) is 177 cm³/mol. The van der Waals surface area contributed by atoms with Crippen LogP contribution in [0.2, 0.25) is 0 Å². The Labute approximate surface area is 262 Å². The van der Waals surface area contributed by atoms with Crippen LogP contribution in [0.25, 0.3) is 22.3 Å². The second kappa shape index (κ2) is 13.6. The zero-order valence-electron chi connectivity index (χ0n) is 26.1. The minimum atomic E-state index is -0.307. The van der Waals surface area contributed by atoms with E-state index in [1.54, 1.807) is 50.8 Å². The summed E-state index contributed by atoms with van der Waals surface area (Å²) < 4.78 is 32.2. The fourth-order valence-electron chi connectivity index (χ4n) is 5.21. The number of allylic oxidation sites excluding steroid dienone is 1. The third kappa shape index (κ3) is 6.65. The van der Waals surface area contributed by atoms with Crippen LogP contribution in [0.5, 0.6) is 17.2 Å². The summed E-state index contributed by atoms with van der Waals surface area (Å²) in [5.41, 5.74) is 5.33. The van der Waals surface area contributed by atoms with E-state index in [1.807, 2.05) is 43.3 Å². The summed E-state index contributed by atoms with van der Waals surface area (Å²) in [6, 6.07) is 21.1. The Morgan fingerprint density at radius 1 is 1.00 bits per heavy atom. The summed E-state index contributed by atoms with van der Waals surface area (Å²) in [6.07, 6.45) is 3.89. The van der Waals surface area contributed by atoms with E-state index in [1.165, 1.54) is 16.8 Å². The summed E-state index contributed by atoms with van der Waals surface area (Å²) in [5, 5.41) is 5.16. The normalized spacial score (nSPS) is 11.4. The molecule has 230 valence electrons. The standard InChI is InChI=1S/C37H36FN3O4/c1-7-10-27-18-26(19-34(44-6)35(27)45-22-25-13-15-28(38)16-14-25)21-39-41-36(40-32-12-9-8-11-29(32)37(41)42)31-20-30(23(2)3)33(43-5)17-24(31)4/h7-9,11-21,23H,1,10,22H2,2-6H3. The lowest BCUT2D eigenvalue weighted by Crippen LogP contribution is -2.21. The van der Waals surface area contributed by atoms with Gasteiger partial charge in [0, 0.05) is 11.1 Å². The van der Waals surface area contributed by atoms with E-state index in [0.29, 0.717) is 40.2 Å². The Morgan fingerprint density at radius 2 is 1.73 bits per heavy atom. The van der Waals surface area contributed by atoms with Crippen LogP contribution in [0.4, 0.5) is 4.39 Å². The maximum atomic E-state index is 13.9. The zero-order valence-corrected chi connectivity index (χ0v) is 26.1. The highest BCUT2D eigenvalue weighted by atomic mass is 19.1. The molecule has 0 atom stereocenters. The van der Waals surface area contributed by atoms with E-state index < -0.39 is 0 Å². The fraction of sp³-hybridized carbons (Fsp3) is 0.216. The van der Waals surface area contributed by atoms with Gasteiger partial charge in [-0.25, -0.2) is 9.37 Å². The van der Waals surface area contributed by atoms with Gasteiger partial charge in [-0.2, -0.15) is 9.78 Å². The molecular weight excluding hydrogens is 569 g/mol. The molecular formula is C37H36FN3O4. The number of hydrogen-bond acceptors (Lipinski definition) is 6. The topological polar surface area (TPSA) is 74.9 Å². The first kappa shape index (κ1) is 31.2. The quantitative estimate of drug-likeness (QED) is 0.113. The number of benzene rings is 4. The Bertz CT molecular complexity index is 1950. The molecule has 0 radical (unpaired) electrons. The second-order valence-corrected chi connectivity index (χ2v) is 11.0. The summed E-state index contributed by atoms with van der Waals surface area (Å²) >= 11 is 0. The van der Waals surface area contributed by atoms with Crippen LogP contribution in [-0.2, 0) is 13.0 Å². The van der Waals surface area contributed by atoms with Crippen molar-refractivity contribution in [3.8, 4) is 28.6 Å². The number of nitrogens with zero attached hydrogens (tertiary/aromatic N) is 3. The molecule has 0 N–H and O–H groups in total. The summed E-state index contributed by atoms with van der Waals surface area (Å²) in [5.74, 6) is 2.14.